The minimum atomic E-state index is -0.326. The number of hydrogen-bond acceptors (Lipinski definition) is 5. The van der Waals surface area contributed by atoms with E-state index in [2.05, 4.69) is 0 Å². The Morgan fingerprint density at radius 3 is 2.26 bits per heavy atom. The van der Waals surface area contributed by atoms with Gasteiger partial charge in [0.2, 0.25) is 0 Å². The van der Waals surface area contributed by atoms with Crippen LogP contribution in [0.25, 0.3) is 22.0 Å². The first-order valence-electron chi connectivity index (χ1n) is 11.2. The zero-order valence-corrected chi connectivity index (χ0v) is 19.1. The Labute approximate surface area is 198 Å². The van der Waals surface area contributed by atoms with Gasteiger partial charge >= 0.3 is 5.97 Å². The van der Waals surface area contributed by atoms with E-state index >= 15 is 0 Å². The van der Waals surface area contributed by atoms with Gasteiger partial charge in [0.1, 0.15) is 19.0 Å². The van der Waals surface area contributed by atoms with E-state index in [1.807, 2.05) is 78.9 Å². The average molecular weight is 458 g/mol. The van der Waals surface area contributed by atoms with E-state index in [1.54, 1.807) is 10.6 Å². The lowest BCUT2D eigenvalue weighted by Gasteiger charge is -2.16. The largest absolute Gasteiger partial charge is 0.491 e. The highest BCUT2D eigenvalue weighted by molar-refractivity contribution is 5.95. The highest BCUT2D eigenvalue weighted by atomic mass is 16.6. The van der Waals surface area contributed by atoms with E-state index in [1.165, 1.54) is 6.92 Å². The monoisotopic (exact) mass is 457 g/mol. The minimum absolute atomic E-state index is 0.0684. The van der Waals surface area contributed by atoms with Gasteiger partial charge in [0.25, 0.3) is 5.56 Å². The van der Waals surface area contributed by atoms with Crippen molar-refractivity contribution in [1.29, 1.82) is 0 Å². The van der Waals surface area contributed by atoms with Crippen molar-refractivity contribution in [3.8, 4) is 16.9 Å². The third kappa shape index (κ3) is 5.91. The molecule has 0 bridgehead atoms. The molecule has 0 spiro atoms. The Morgan fingerprint density at radius 2 is 1.53 bits per heavy atom. The van der Waals surface area contributed by atoms with Crippen molar-refractivity contribution < 1.29 is 19.0 Å². The van der Waals surface area contributed by atoms with E-state index in [4.69, 9.17) is 14.2 Å². The van der Waals surface area contributed by atoms with E-state index < -0.39 is 0 Å². The van der Waals surface area contributed by atoms with Gasteiger partial charge in [0, 0.05) is 24.4 Å². The van der Waals surface area contributed by atoms with Crippen molar-refractivity contribution in [3.05, 3.63) is 101 Å². The topological polar surface area (TPSA) is 66.8 Å². The SMILES string of the molecule is CC(=O)OCCOCCOc1ccc2c(-c3ccccc3)cc(=O)n(Cc3ccccc3)c2c1. The van der Waals surface area contributed by atoms with Gasteiger partial charge in [-0.1, -0.05) is 60.7 Å². The molecule has 34 heavy (non-hydrogen) atoms. The van der Waals surface area contributed by atoms with Crippen molar-refractivity contribution in [3.63, 3.8) is 0 Å². The van der Waals surface area contributed by atoms with Crippen molar-refractivity contribution in [2.75, 3.05) is 26.4 Å². The number of fused-ring (bicyclic) bond motifs is 1. The van der Waals surface area contributed by atoms with Crippen LogP contribution >= 0.6 is 0 Å². The molecule has 6 nitrogen and oxygen atoms in total. The molecular weight excluding hydrogens is 430 g/mol. The summed E-state index contributed by atoms with van der Waals surface area (Å²) in [5, 5.41) is 0.978. The van der Waals surface area contributed by atoms with Crippen molar-refractivity contribution >= 4 is 16.9 Å². The molecular formula is C28H27NO5. The number of hydrogen-bond donors (Lipinski definition) is 0. The molecule has 174 valence electrons. The Kier molecular flexibility index (Phi) is 7.73. The van der Waals surface area contributed by atoms with E-state index in [9.17, 15) is 9.59 Å². The maximum absolute atomic E-state index is 13.2. The molecule has 0 amide bonds. The molecule has 6 heteroatoms. The third-order valence-corrected chi connectivity index (χ3v) is 5.38. The molecule has 0 N–H and O–H groups in total. The maximum atomic E-state index is 13.2. The molecule has 1 aromatic heterocycles. The van der Waals surface area contributed by atoms with Gasteiger partial charge in [-0.2, -0.15) is 0 Å². The summed E-state index contributed by atoms with van der Waals surface area (Å²) in [5.74, 6) is 0.329. The molecule has 0 radical (unpaired) electrons. The summed E-state index contributed by atoms with van der Waals surface area (Å²) in [7, 11) is 0. The van der Waals surface area contributed by atoms with Crippen molar-refractivity contribution in [1.82, 2.24) is 4.57 Å². The zero-order chi connectivity index (χ0) is 23.8. The lowest BCUT2D eigenvalue weighted by atomic mass is 10.0. The second-order valence-electron chi connectivity index (χ2n) is 7.81. The Balaban J connectivity index is 1.60. The number of benzene rings is 3. The van der Waals surface area contributed by atoms with E-state index in [0.717, 1.165) is 27.6 Å². The maximum Gasteiger partial charge on any atom is 0.302 e. The van der Waals surface area contributed by atoms with Gasteiger partial charge in [-0.05, 0) is 28.8 Å². The van der Waals surface area contributed by atoms with Crippen LogP contribution in [0, 0.1) is 0 Å². The normalized spacial score (nSPS) is 10.9. The smallest absolute Gasteiger partial charge is 0.302 e. The third-order valence-electron chi connectivity index (χ3n) is 5.38. The molecule has 4 aromatic rings. The molecule has 0 aliphatic heterocycles. The van der Waals surface area contributed by atoms with Crippen LogP contribution in [0.3, 0.4) is 0 Å². The summed E-state index contributed by atoms with van der Waals surface area (Å²) in [6.07, 6.45) is 0. The second kappa shape index (κ2) is 11.3. The summed E-state index contributed by atoms with van der Waals surface area (Å²) >= 11 is 0. The Hall–Kier alpha value is -3.90. The predicted octanol–water partition coefficient (Wildman–Crippen LogP) is 4.68. The second-order valence-corrected chi connectivity index (χ2v) is 7.81. The zero-order valence-electron chi connectivity index (χ0n) is 19.1. The molecule has 1 heterocycles. The van der Waals surface area contributed by atoms with Gasteiger partial charge in [0.05, 0.1) is 25.3 Å². The van der Waals surface area contributed by atoms with Gasteiger partial charge in [-0.3, -0.25) is 9.59 Å². The van der Waals surface area contributed by atoms with E-state index in [-0.39, 0.29) is 18.1 Å². The summed E-state index contributed by atoms with van der Waals surface area (Å²) in [5.41, 5.74) is 3.67. The number of rotatable bonds is 10. The number of esters is 1. The number of carbonyl (C=O) groups excluding carboxylic acids is 1. The predicted molar refractivity (Wildman–Crippen MR) is 132 cm³/mol. The van der Waals surface area contributed by atoms with Crippen LogP contribution in [0.4, 0.5) is 0 Å². The summed E-state index contributed by atoms with van der Waals surface area (Å²) in [6, 6.07) is 27.3. The summed E-state index contributed by atoms with van der Waals surface area (Å²) in [4.78, 5) is 24.0. The van der Waals surface area contributed by atoms with Gasteiger partial charge < -0.3 is 18.8 Å². The molecule has 0 atom stereocenters. The molecule has 0 fully saturated rings. The molecule has 0 saturated heterocycles. The average Bonchev–Trinajstić information content (AvgIpc) is 2.86. The first kappa shape index (κ1) is 23.3. The lowest BCUT2D eigenvalue weighted by molar-refractivity contribution is -0.142. The van der Waals surface area contributed by atoms with Crippen molar-refractivity contribution in [2.45, 2.75) is 13.5 Å². The minimum Gasteiger partial charge on any atom is -0.491 e. The number of aromatic nitrogens is 1. The first-order chi connectivity index (χ1) is 16.6. The van der Waals surface area contributed by atoms with Gasteiger partial charge in [-0.15, -0.1) is 0 Å². The number of pyridine rings is 1. The quantitative estimate of drug-likeness (QED) is 0.256. The van der Waals surface area contributed by atoms with Gasteiger partial charge in [-0.25, -0.2) is 0 Å². The fourth-order valence-electron chi connectivity index (χ4n) is 3.80. The number of carbonyl (C=O) groups is 1. The van der Waals surface area contributed by atoms with E-state index in [0.29, 0.717) is 32.1 Å². The Bertz CT molecular complexity index is 1300. The van der Waals surface area contributed by atoms with Crippen LogP contribution < -0.4 is 10.3 Å². The van der Waals surface area contributed by atoms with Crippen LogP contribution in [-0.2, 0) is 20.8 Å². The molecule has 0 saturated carbocycles. The van der Waals surface area contributed by atoms with Crippen LogP contribution in [0.2, 0.25) is 0 Å². The highest BCUT2D eigenvalue weighted by Crippen LogP contribution is 2.30. The molecule has 3 aromatic carbocycles. The number of nitrogens with zero attached hydrogens (tertiary/aromatic N) is 1. The fourth-order valence-corrected chi connectivity index (χ4v) is 3.80. The highest BCUT2D eigenvalue weighted by Gasteiger charge is 2.12. The summed E-state index contributed by atoms with van der Waals surface area (Å²) in [6.45, 7) is 3.07. The van der Waals surface area contributed by atoms with Gasteiger partial charge in [0.15, 0.2) is 0 Å². The van der Waals surface area contributed by atoms with Crippen molar-refractivity contribution in [2.24, 2.45) is 0 Å². The standard InChI is InChI=1S/C28H27NO5/c1-21(30)33-16-14-32-15-17-34-24-12-13-25-26(23-10-6-3-7-11-23)19-28(31)29(27(25)18-24)20-22-8-4-2-5-9-22/h2-13,18-19H,14-17,20H2,1H3. The van der Waals surface area contributed by atoms with Crippen LogP contribution in [0.5, 0.6) is 5.75 Å². The molecule has 0 aliphatic rings. The van der Waals surface area contributed by atoms with Crippen LogP contribution in [-0.4, -0.2) is 37.0 Å². The fraction of sp³-hybridized carbons (Fsp3) is 0.214. The molecule has 4 rings (SSSR count). The van der Waals surface area contributed by atoms with Crippen LogP contribution in [0.1, 0.15) is 12.5 Å². The molecule has 0 unspecified atom stereocenters. The number of ether oxygens (including phenoxy) is 3. The van der Waals surface area contributed by atoms with Crippen LogP contribution in [0.15, 0.2) is 89.7 Å². The summed E-state index contributed by atoms with van der Waals surface area (Å²) < 4.78 is 17.9. The molecule has 0 aliphatic carbocycles. The lowest BCUT2D eigenvalue weighted by Crippen LogP contribution is -2.21. The first-order valence-corrected chi connectivity index (χ1v) is 11.2. The Morgan fingerprint density at radius 1 is 0.824 bits per heavy atom.